The number of sulfone groups is 1. The summed E-state index contributed by atoms with van der Waals surface area (Å²) in [6, 6.07) is 2.39. The van der Waals surface area contributed by atoms with E-state index >= 15 is 0 Å². The number of ether oxygens (including phenoxy) is 1. The Bertz CT molecular complexity index is 919. The first kappa shape index (κ1) is 17.8. The number of halogens is 3. The molecule has 0 unspecified atom stereocenters. The minimum atomic E-state index is -3.55. The van der Waals surface area contributed by atoms with Gasteiger partial charge in [-0.2, -0.15) is 5.10 Å². The lowest BCUT2D eigenvalue weighted by molar-refractivity contribution is 0.370. The number of hydrogen-bond acceptors (Lipinski definition) is 4. The van der Waals surface area contributed by atoms with Crippen molar-refractivity contribution in [2.24, 2.45) is 7.05 Å². The normalized spacial score (nSPS) is 11.3. The van der Waals surface area contributed by atoms with Gasteiger partial charge in [0.05, 0.1) is 9.50 Å². The van der Waals surface area contributed by atoms with Crippen LogP contribution in [0.3, 0.4) is 0 Å². The average molecular weight is 422 g/mol. The molecule has 0 atom stereocenters. The van der Waals surface area contributed by atoms with E-state index in [1.54, 1.807) is 0 Å². The molecule has 0 spiro atoms. The number of benzene rings is 1. The summed E-state index contributed by atoms with van der Waals surface area (Å²) < 4.78 is 44.4. The van der Waals surface area contributed by atoms with Crippen LogP contribution in [0.4, 0.5) is 4.39 Å². The number of hydrogen-bond donors (Lipinski definition) is 0. The highest BCUT2D eigenvalue weighted by atomic mass is 79.9. The molecule has 2 aromatic rings. The first-order chi connectivity index (χ1) is 10.7. The highest BCUT2D eigenvalue weighted by Gasteiger charge is 2.25. The van der Waals surface area contributed by atoms with Gasteiger partial charge in [0.1, 0.15) is 23.9 Å². The predicted octanol–water partition coefficient (Wildman–Crippen LogP) is 3.06. The van der Waals surface area contributed by atoms with Crippen LogP contribution in [-0.2, 0) is 16.9 Å². The molecule has 0 saturated heterocycles. The van der Waals surface area contributed by atoms with Gasteiger partial charge in [-0.3, -0.25) is 4.68 Å². The fourth-order valence-corrected chi connectivity index (χ4v) is 4.58. The van der Waals surface area contributed by atoms with Crippen molar-refractivity contribution in [3.63, 3.8) is 0 Å². The molecule has 2 rings (SSSR count). The van der Waals surface area contributed by atoms with Gasteiger partial charge >= 0.3 is 0 Å². The van der Waals surface area contributed by atoms with E-state index in [1.807, 2.05) is 0 Å². The van der Waals surface area contributed by atoms with Gasteiger partial charge in [-0.15, -0.1) is 6.42 Å². The monoisotopic (exact) mass is 420 g/mol. The van der Waals surface area contributed by atoms with E-state index in [0.717, 1.165) is 17.0 Å². The number of rotatable bonds is 4. The minimum Gasteiger partial charge on any atom is -0.479 e. The first-order valence-corrected chi connectivity index (χ1v) is 9.21. The van der Waals surface area contributed by atoms with Crippen LogP contribution in [0.5, 0.6) is 5.75 Å². The van der Waals surface area contributed by atoms with Gasteiger partial charge in [0, 0.05) is 18.9 Å². The molecule has 0 fully saturated rings. The van der Waals surface area contributed by atoms with Crippen molar-refractivity contribution in [3.05, 3.63) is 27.4 Å². The molecule has 122 valence electrons. The summed E-state index contributed by atoms with van der Waals surface area (Å²) in [5.74, 6) is 1.79. The van der Waals surface area contributed by atoms with E-state index in [9.17, 15) is 12.8 Å². The van der Waals surface area contributed by atoms with Crippen molar-refractivity contribution in [3.8, 4) is 29.4 Å². The molecule has 0 aliphatic rings. The Morgan fingerprint density at radius 2 is 2.17 bits per heavy atom. The maximum Gasteiger partial charge on any atom is 0.193 e. The lowest BCUT2D eigenvalue weighted by Crippen LogP contribution is -2.05. The van der Waals surface area contributed by atoms with Crippen LogP contribution in [0.2, 0.25) is 5.02 Å². The molecular formula is C14H11BrClFN2O3S. The molecule has 1 aromatic heterocycles. The summed E-state index contributed by atoms with van der Waals surface area (Å²) in [6.07, 6.45) is 6.16. The zero-order valence-electron chi connectivity index (χ0n) is 12.1. The van der Waals surface area contributed by atoms with Crippen LogP contribution in [0.15, 0.2) is 21.6 Å². The van der Waals surface area contributed by atoms with Gasteiger partial charge in [0.2, 0.25) is 0 Å². The molecule has 0 saturated carbocycles. The highest BCUT2D eigenvalue weighted by Crippen LogP contribution is 2.38. The standard InChI is InChI=1S/C14H11BrClFN2O3S/c1-4-5-22-11-6-8(10(17)7-9(11)16)13-12(15)14(19(2)18-13)23(3,20)21/h1,6-7H,5H2,2-3H3. The molecule has 9 heteroatoms. The van der Waals surface area contributed by atoms with E-state index in [-0.39, 0.29) is 38.1 Å². The molecule has 0 bridgehead atoms. The Morgan fingerprint density at radius 3 is 2.70 bits per heavy atom. The fraction of sp³-hybridized carbons (Fsp3) is 0.214. The van der Waals surface area contributed by atoms with Gasteiger partial charge < -0.3 is 4.74 Å². The lowest BCUT2D eigenvalue weighted by Gasteiger charge is -2.08. The zero-order chi connectivity index (χ0) is 17.4. The third kappa shape index (κ3) is 3.52. The minimum absolute atomic E-state index is 0.0389. The molecule has 0 amide bonds. The Balaban J connectivity index is 2.66. The number of nitrogens with zero attached hydrogens (tertiary/aromatic N) is 2. The SMILES string of the molecule is C#CCOc1cc(-c2nn(C)c(S(C)(=O)=O)c2Br)c(F)cc1Cl. The Labute approximate surface area is 146 Å². The van der Waals surface area contributed by atoms with Crippen molar-refractivity contribution in [1.82, 2.24) is 9.78 Å². The summed E-state index contributed by atoms with van der Waals surface area (Å²) in [7, 11) is -2.10. The Morgan fingerprint density at radius 1 is 1.52 bits per heavy atom. The average Bonchev–Trinajstić information content (AvgIpc) is 2.72. The molecule has 5 nitrogen and oxygen atoms in total. The second-order valence-corrected chi connectivity index (χ2v) is 7.75. The lowest BCUT2D eigenvalue weighted by atomic mass is 10.1. The van der Waals surface area contributed by atoms with Crippen molar-refractivity contribution in [2.45, 2.75) is 5.03 Å². The Kier molecular flexibility index (Phi) is 5.04. The second kappa shape index (κ2) is 6.51. The number of aryl methyl sites for hydroxylation is 1. The third-order valence-corrected chi connectivity index (χ3v) is 5.36. The van der Waals surface area contributed by atoms with Crippen LogP contribution >= 0.6 is 27.5 Å². The van der Waals surface area contributed by atoms with Crippen molar-refractivity contribution < 1.29 is 17.5 Å². The molecule has 1 heterocycles. The van der Waals surface area contributed by atoms with Crippen molar-refractivity contribution in [1.29, 1.82) is 0 Å². The van der Waals surface area contributed by atoms with E-state index < -0.39 is 15.7 Å². The van der Waals surface area contributed by atoms with Crippen LogP contribution in [0.25, 0.3) is 11.3 Å². The van der Waals surface area contributed by atoms with E-state index in [1.165, 1.54) is 13.1 Å². The number of aromatic nitrogens is 2. The van der Waals surface area contributed by atoms with Crippen molar-refractivity contribution >= 4 is 37.4 Å². The van der Waals surface area contributed by atoms with Crippen LogP contribution in [0.1, 0.15) is 0 Å². The van der Waals surface area contributed by atoms with E-state index in [0.29, 0.717) is 0 Å². The van der Waals surface area contributed by atoms with Gasteiger partial charge in [0.15, 0.2) is 14.9 Å². The van der Waals surface area contributed by atoms with E-state index in [4.69, 9.17) is 22.8 Å². The third-order valence-electron chi connectivity index (χ3n) is 2.88. The van der Waals surface area contributed by atoms with Gasteiger partial charge in [-0.05, 0) is 28.1 Å². The predicted molar refractivity (Wildman–Crippen MR) is 88.7 cm³/mol. The molecule has 0 radical (unpaired) electrons. The molecule has 0 aliphatic carbocycles. The first-order valence-electron chi connectivity index (χ1n) is 6.15. The summed E-state index contributed by atoms with van der Waals surface area (Å²) in [4.78, 5) is 0. The molecule has 0 aliphatic heterocycles. The van der Waals surface area contributed by atoms with Gasteiger partial charge in [0.25, 0.3) is 0 Å². The van der Waals surface area contributed by atoms with Crippen molar-refractivity contribution in [2.75, 3.05) is 12.9 Å². The van der Waals surface area contributed by atoms with Crippen LogP contribution in [-0.4, -0.2) is 31.1 Å². The summed E-state index contributed by atoms with van der Waals surface area (Å²) >= 11 is 9.08. The van der Waals surface area contributed by atoms with Gasteiger partial charge in [-0.1, -0.05) is 17.5 Å². The molecule has 23 heavy (non-hydrogen) atoms. The van der Waals surface area contributed by atoms with Gasteiger partial charge in [-0.25, -0.2) is 12.8 Å². The van der Waals surface area contributed by atoms with E-state index in [2.05, 4.69) is 26.9 Å². The molecule has 0 N–H and O–H groups in total. The zero-order valence-corrected chi connectivity index (χ0v) is 15.3. The largest absolute Gasteiger partial charge is 0.479 e. The maximum absolute atomic E-state index is 14.3. The summed E-state index contributed by atoms with van der Waals surface area (Å²) in [6.45, 7) is -0.0389. The smallest absolute Gasteiger partial charge is 0.193 e. The highest BCUT2D eigenvalue weighted by molar-refractivity contribution is 9.10. The van der Waals surface area contributed by atoms with Crippen LogP contribution in [0, 0.1) is 18.2 Å². The maximum atomic E-state index is 14.3. The summed E-state index contributed by atoms with van der Waals surface area (Å²) in [5.41, 5.74) is 0.159. The second-order valence-electron chi connectivity index (χ2n) is 4.62. The van der Waals surface area contributed by atoms with Crippen LogP contribution < -0.4 is 4.74 Å². The number of terminal acetylenes is 1. The Hall–Kier alpha value is -1.56. The topological polar surface area (TPSA) is 61.2 Å². The fourth-order valence-electron chi connectivity index (χ4n) is 2.00. The summed E-state index contributed by atoms with van der Waals surface area (Å²) in [5, 5.41) is 4.06. The quantitative estimate of drug-likeness (QED) is 0.712. The molecular weight excluding hydrogens is 411 g/mol. The molecule has 1 aromatic carbocycles.